The summed E-state index contributed by atoms with van der Waals surface area (Å²) in [5.41, 5.74) is 1.64. The highest BCUT2D eigenvalue weighted by atomic mass is 32.2. The maximum atomic E-state index is 5.07. The first-order chi connectivity index (χ1) is 8.70. The molecule has 1 heterocycles. The predicted molar refractivity (Wildman–Crippen MR) is 86.4 cm³/mol. The fourth-order valence-electron chi connectivity index (χ4n) is 3.10. The van der Waals surface area contributed by atoms with Gasteiger partial charge in [-0.25, -0.2) is 0 Å². The Labute approximate surface area is 121 Å². The monoisotopic (exact) mass is 283 g/mol. The summed E-state index contributed by atoms with van der Waals surface area (Å²) in [4.78, 5) is 1.67. The van der Waals surface area contributed by atoms with Gasteiger partial charge in [-0.15, -0.1) is 11.8 Å². The van der Waals surface area contributed by atoms with Crippen molar-refractivity contribution in [2.24, 2.45) is 5.92 Å². The van der Waals surface area contributed by atoms with Crippen LogP contribution in [0.15, 0.2) is 10.5 Å². The molecular formula is C15H25NS2. The van der Waals surface area contributed by atoms with E-state index in [0.29, 0.717) is 12.1 Å². The van der Waals surface area contributed by atoms with Gasteiger partial charge in [-0.3, -0.25) is 0 Å². The van der Waals surface area contributed by atoms with Crippen LogP contribution in [0.3, 0.4) is 0 Å². The first kappa shape index (κ1) is 14.5. The predicted octanol–water partition coefficient (Wildman–Crippen LogP) is 4.32. The molecule has 0 aromatic heterocycles. The lowest BCUT2D eigenvalue weighted by molar-refractivity contribution is 0.397. The molecule has 1 fully saturated rings. The van der Waals surface area contributed by atoms with Crippen LogP contribution in [-0.4, -0.2) is 23.2 Å². The molecule has 3 unspecified atom stereocenters. The van der Waals surface area contributed by atoms with E-state index in [4.69, 9.17) is 12.2 Å². The number of hydrogen-bond acceptors (Lipinski definition) is 3. The third-order valence-electron chi connectivity index (χ3n) is 4.18. The van der Waals surface area contributed by atoms with Crippen molar-refractivity contribution in [3.8, 4) is 0 Å². The molecule has 1 N–H and O–H groups in total. The van der Waals surface area contributed by atoms with Crippen LogP contribution in [0.4, 0.5) is 0 Å². The molecule has 102 valence electrons. The number of rotatable bonds is 4. The Morgan fingerprint density at radius 3 is 2.89 bits per heavy atom. The first-order valence-corrected chi connectivity index (χ1v) is 8.70. The van der Waals surface area contributed by atoms with Gasteiger partial charge in [0.15, 0.2) is 0 Å². The topological polar surface area (TPSA) is 12.0 Å². The molecule has 0 spiro atoms. The minimum absolute atomic E-state index is 0.471. The zero-order valence-electron chi connectivity index (χ0n) is 11.6. The third-order valence-corrected chi connectivity index (χ3v) is 6.14. The lowest BCUT2D eigenvalue weighted by Gasteiger charge is -2.30. The second kappa shape index (κ2) is 7.06. The molecule has 0 aromatic carbocycles. The highest BCUT2D eigenvalue weighted by Crippen LogP contribution is 2.37. The van der Waals surface area contributed by atoms with Crippen molar-refractivity contribution in [1.82, 2.24) is 5.32 Å². The lowest BCUT2D eigenvalue weighted by atomic mass is 9.92. The molecule has 0 saturated carbocycles. The molecule has 1 aliphatic carbocycles. The van der Waals surface area contributed by atoms with E-state index in [1.807, 2.05) is 5.37 Å². The second-order valence-corrected chi connectivity index (χ2v) is 7.12. The Morgan fingerprint density at radius 2 is 2.17 bits per heavy atom. The molecule has 2 aliphatic rings. The molecular weight excluding hydrogens is 258 g/mol. The molecule has 1 nitrogen and oxygen atoms in total. The summed E-state index contributed by atoms with van der Waals surface area (Å²) < 4.78 is 0. The standard InChI is InChI=1S/C15H25NS2/c1-11-5-3-6-12(2)15(11)18-10-14-8-4-7-13(9-17)16-14/h9,11,13-14,16H,3-8,10H2,1-2H3. The van der Waals surface area contributed by atoms with E-state index < -0.39 is 0 Å². The molecule has 0 radical (unpaired) electrons. The van der Waals surface area contributed by atoms with E-state index in [1.54, 1.807) is 10.5 Å². The largest absolute Gasteiger partial charge is 0.306 e. The Morgan fingerprint density at radius 1 is 1.33 bits per heavy atom. The molecule has 1 aliphatic heterocycles. The van der Waals surface area contributed by atoms with Gasteiger partial charge in [0.2, 0.25) is 0 Å². The number of hydrogen-bond donors (Lipinski definition) is 1. The zero-order valence-corrected chi connectivity index (χ0v) is 13.2. The molecule has 18 heavy (non-hydrogen) atoms. The van der Waals surface area contributed by atoms with Gasteiger partial charge in [-0.05, 0) is 61.6 Å². The van der Waals surface area contributed by atoms with Crippen LogP contribution in [0.2, 0.25) is 0 Å². The fraction of sp³-hybridized carbons (Fsp3) is 0.800. The van der Waals surface area contributed by atoms with Crippen LogP contribution < -0.4 is 5.32 Å². The number of piperidine rings is 1. The van der Waals surface area contributed by atoms with Crippen molar-refractivity contribution in [2.75, 3.05) is 5.75 Å². The summed E-state index contributed by atoms with van der Waals surface area (Å²) >= 11 is 7.17. The first-order valence-electron chi connectivity index (χ1n) is 7.24. The summed E-state index contributed by atoms with van der Waals surface area (Å²) in [7, 11) is 0. The quantitative estimate of drug-likeness (QED) is 0.772. The molecule has 1 saturated heterocycles. The molecule has 0 amide bonds. The number of thioether (sulfide) groups is 1. The van der Waals surface area contributed by atoms with E-state index in [9.17, 15) is 0 Å². The number of allylic oxidation sites excluding steroid dienone is 2. The maximum absolute atomic E-state index is 5.07. The molecule has 2 rings (SSSR count). The highest BCUT2D eigenvalue weighted by Gasteiger charge is 2.22. The molecule has 0 aromatic rings. The zero-order chi connectivity index (χ0) is 13.0. The minimum Gasteiger partial charge on any atom is -0.306 e. The summed E-state index contributed by atoms with van der Waals surface area (Å²) in [5, 5.41) is 5.58. The molecule has 3 heteroatoms. The van der Waals surface area contributed by atoms with Crippen LogP contribution in [0.1, 0.15) is 52.4 Å². The Kier molecular flexibility index (Phi) is 5.71. The van der Waals surface area contributed by atoms with Crippen molar-refractivity contribution in [3.05, 3.63) is 10.5 Å². The minimum atomic E-state index is 0.471. The molecule has 0 bridgehead atoms. The van der Waals surface area contributed by atoms with E-state index in [1.165, 1.54) is 44.3 Å². The number of thiocarbonyl (C=S) groups is 1. The highest BCUT2D eigenvalue weighted by molar-refractivity contribution is 8.03. The Balaban J connectivity index is 1.85. The van der Waals surface area contributed by atoms with Gasteiger partial charge in [0.1, 0.15) is 0 Å². The van der Waals surface area contributed by atoms with Crippen LogP contribution in [-0.2, 0) is 0 Å². The van der Waals surface area contributed by atoms with E-state index in [0.717, 1.165) is 5.92 Å². The van der Waals surface area contributed by atoms with Crippen molar-refractivity contribution in [3.63, 3.8) is 0 Å². The second-order valence-electron chi connectivity index (χ2n) is 5.79. The smallest absolute Gasteiger partial charge is 0.0356 e. The van der Waals surface area contributed by atoms with Gasteiger partial charge in [-0.2, -0.15) is 0 Å². The maximum Gasteiger partial charge on any atom is 0.0356 e. The molecule has 3 atom stereocenters. The van der Waals surface area contributed by atoms with Crippen molar-refractivity contribution in [1.29, 1.82) is 0 Å². The van der Waals surface area contributed by atoms with Gasteiger partial charge in [-0.1, -0.05) is 24.7 Å². The summed E-state index contributed by atoms with van der Waals surface area (Å²) in [6, 6.07) is 1.13. The van der Waals surface area contributed by atoms with Crippen LogP contribution in [0.25, 0.3) is 0 Å². The van der Waals surface area contributed by atoms with Crippen LogP contribution in [0.5, 0.6) is 0 Å². The van der Waals surface area contributed by atoms with Gasteiger partial charge in [0, 0.05) is 17.8 Å². The Hall–Kier alpha value is 0.140. The SMILES string of the molecule is CC1=C(SCC2CCCC(C=S)N2)C(C)CCC1. The van der Waals surface area contributed by atoms with Gasteiger partial charge < -0.3 is 5.32 Å². The lowest BCUT2D eigenvalue weighted by Crippen LogP contribution is -2.44. The number of nitrogens with one attached hydrogen (secondary N) is 1. The van der Waals surface area contributed by atoms with Crippen LogP contribution in [0, 0.1) is 5.92 Å². The Bertz CT molecular complexity index is 324. The van der Waals surface area contributed by atoms with Gasteiger partial charge in [0.25, 0.3) is 0 Å². The van der Waals surface area contributed by atoms with E-state index in [2.05, 4.69) is 30.9 Å². The van der Waals surface area contributed by atoms with E-state index in [-0.39, 0.29) is 0 Å². The van der Waals surface area contributed by atoms with Gasteiger partial charge in [0.05, 0.1) is 0 Å². The summed E-state index contributed by atoms with van der Waals surface area (Å²) in [6.45, 7) is 4.71. The average molecular weight is 284 g/mol. The van der Waals surface area contributed by atoms with Crippen molar-refractivity contribution in [2.45, 2.75) is 64.5 Å². The van der Waals surface area contributed by atoms with Gasteiger partial charge >= 0.3 is 0 Å². The van der Waals surface area contributed by atoms with Crippen molar-refractivity contribution >= 4 is 29.3 Å². The normalized spacial score (nSPS) is 33.6. The summed E-state index contributed by atoms with van der Waals surface area (Å²) in [5.74, 6) is 2.00. The third kappa shape index (κ3) is 3.82. The van der Waals surface area contributed by atoms with Crippen LogP contribution >= 0.6 is 24.0 Å². The average Bonchev–Trinajstić information content (AvgIpc) is 2.38. The van der Waals surface area contributed by atoms with E-state index >= 15 is 0 Å². The van der Waals surface area contributed by atoms with Crippen molar-refractivity contribution < 1.29 is 0 Å². The fourth-order valence-corrected chi connectivity index (χ4v) is 4.71. The summed E-state index contributed by atoms with van der Waals surface area (Å²) in [6.07, 6.45) is 7.93.